The van der Waals surface area contributed by atoms with Gasteiger partial charge in [0, 0.05) is 18.9 Å². The monoisotopic (exact) mass is 308 g/mol. The van der Waals surface area contributed by atoms with Gasteiger partial charge in [0.05, 0.1) is 4.90 Å². The van der Waals surface area contributed by atoms with Gasteiger partial charge in [0.15, 0.2) is 0 Å². The second-order valence-electron chi connectivity index (χ2n) is 4.88. The van der Waals surface area contributed by atoms with Crippen LogP contribution in [-0.2, 0) is 16.4 Å². The molecule has 1 N–H and O–H groups in total. The van der Waals surface area contributed by atoms with Crippen molar-refractivity contribution in [3.05, 3.63) is 59.2 Å². The van der Waals surface area contributed by atoms with E-state index in [1.807, 2.05) is 6.07 Å². The molecule has 1 heterocycles. The van der Waals surface area contributed by atoms with E-state index in [1.165, 1.54) is 12.1 Å². The number of sulfonamides is 1. The maximum absolute atomic E-state index is 13.2. The number of aryl methyl sites for hydroxylation is 2. The van der Waals surface area contributed by atoms with Crippen LogP contribution in [0, 0.1) is 19.7 Å². The van der Waals surface area contributed by atoms with Crippen LogP contribution in [0.1, 0.15) is 16.7 Å². The van der Waals surface area contributed by atoms with E-state index in [0.29, 0.717) is 17.5 Å². The summed E-state index contributed by atoms with van der Waals surface area (Å²) in [5.41, 5.74) is 1.76. The second kappa shape index (κ2) is 6.32. The molecule has 112 valence electrons. The van der Waals surface area contributed by atoms with Crippen LogP contribution < -0.4 is 4.72 Å². The summed E-state index contributed by atoms with van der Waals surface area (Å²) in [4.78, 5) is 4.13. The van der Waals surface area contributed by atoms with E-state index in [2.05, 4.69) is 9.71 Å². The van der Waals surface area contributed by atoms with Gasteiger partial charge in [-0.25, -0.2) is 17.5 Å². The SMILES string of the molecule is Cc1cc(F)cc(C)c1S(=O)(=O)NCCc1cccnc1. The van der Waals surface area contributed by atoms with E-state index in [0.717, 1.165) is 5.56 Å². The Labute approximate surface area is 124 Å². The van der Waals surface area contributed by atoms with Gasteiger partial charge in [0.25, 0.3) is 0 Å². The molecular weight excluding hydrogens is 291 g/mol. The number of pyridine rings is 1. The normalized spacial score (nSPS) is 11.6. The molecule has 2 rings (SSSR count). The highest BCUT2D eigenvalue weighted by molar-refractivity contribution is 7.89. The van der Waals surface area contributed by atoms with Crippen molar-refractivity contribution in [3.8, 4) is 0 Å². The molecule has 6 heteroatoms. The Morgan fingerprint density at radius 3 is 2.48 bits per heavy atom. The summed E-state index contributed by atoms with van der Waals surface area (Å²) in [7, 11) is -3.65. The molecule has 0 amide bonds. The van der Waals surface area contributed by atoms with Gasteiger partial charge >= 0.3 is 0 Å². The molecular formula is C15H17FN2O2S. The maximum Gasteiger partial charge on any atom is 0.241 e. The summed E-state index contributed by atoms with van der Waals surface area (Å²) in [6, 6.07) is 6.14. The number of hydrogen-bond acceptors (Lipinski definition) is 3. The molecule has 0 saturated carbocycles. The molecule has 0 fully saturated rings. The number of halogens is 1. The number of nitrogens with one attached hydrogen (secondary N) is 1. The minimum atomic E-state index is -3.65. The van der Waals surface area contributed by atoms with Crippen LogP contribution in [0.5, 0.6) is 0 Å². The van der Waals surface area contributed by atoms with Crippen LogP contribution in [0.3, 0.4) is 0 Å². The van der Waals surface area contributed by atoms with Gasteiger partial charge < -0.3 is 0 Å². The number of rotatable bonds is 5. The fourth-order valence-electron chi connectivity index (χ4n) is 2.27. The fraction of sp³-hybridized carbons (Fsp3) is 0.267. The summed E-state index contributed by atoms with van der Waals surface area (Å²) >= 11 is 0. The lowest BCUT2D eigenvalue weighted by Crippen LogP contribution is -2.27. The van der Waals surface area contributed by atoms with Crippen molar-refractivity contribution in [2.24, 2.45) is 0 Å². The predicted molar refractivity (Wildman–Crippen MR) is 79.0 cm³/mol. The lowest BCUT2D eigenvalue weighted by Gasteiger charge is -2.12. The van der Waals surface area contributed by atoms with Crippen LogP contribution in [-0.4, -0.2) is 19.9 Å². The minimum Gasteiger partial charge on any atom is -0.264 e. The highest BCUT2D eigenvalue weighted by Gasteiger charge is 2.19. The Bertz CT molecular complexity index is 708. The third-order valence-corrected chi connectivity index (χ3v) is 4.89. The molecule has 1 aromatic carbocycles. The molecule has 2 aromatic rings. The zero-order chi connectivity index (χ0) is 15.5. The molecule has 0 aliphatic heterocycles. The van der Waals surface area contributed by atoms with Gasteiger partial charge in [-0.2, -0.15) is 0 Å². The Kier molecular flexibility index (Phi) is 4.69. The van der Waals surface area contributed by atoms with E-state index in [-0.39, 0.29) is 11.4 Å². The van der Waals surface area contributed by atoms with Crippen molar-refractivity contribution in [2.45, 2.75) is 25.2 Å². The van der Waals surface area contributed by atoms with Gasteiger partial charge in [-0.15, -0.1) is 0 Å². The molecule has 4 nitrogen and oxygen atoms in total. The lowest BCUT2D eigenvalue weighted by molar-refractivity contribution is 0.578. The van der Waals surface area contributed by atoms with Crippen LogP contribution in [0.25, 0.3) is 0 Å². The van der Waals surface area contributed by atoms with Gasteiger partial charge in [-0.1, -0.05) is 6.07 Å². The number of hydrogen-bond donors (Lipinski definition) is 1. The third-order valence-electron chi connectivity index (χ3n) is 3.12. The molecule has 0 spiro atoms. The first-order valence-corrected chi connectivity index (χ1v) is 8.04. The van der Waals surface area contributed by atoms with E-state index in [1.54, 1.807) is 32.3 Å². The van der Waals surface area contributed by atoms with Crippen molar-refractivity contribution in [3.63, 3.8) is 0 Å². The quantitative estimate of drug-likeness (QED) is 0.922. The van der Waals surface area contributed by atoms with Gasteiger partial charge in [-0.05, 0) is 55.2 Å². The van der Waals surface area contributed by atoms with E-state index in [4.69, 9.17) is 0 Å². The largest absolute Gasteiger partial charge is 0.264 e. The average Bonchev–Trinajstić information content (AvgIpc) is 2.38. The molecule has 0 radical (unpaired) electrons. The van der Waals surface area contributed by atoms with Crippen LogP contribution in [0.4, 0.5) is 4.39 Å². The molecule has 0 atom stereocenters. The van der Waals surface area contributed by atoms with E-state index < -0.39 is 15.8 Å². The summed E-state index contributed by atoms with van der Waals surface area (Å²) in [5.74, 6) is -0.431. The Morgan fingerprint density at radius 1 is 1.24 bits per heavy atom. The molecule has 0 saturated heterocycles. The van der Waals surface area contributed by atoms with Gasteiger partial charge in [-0.3, -0.25) is 4.98 Å². The third kappa shape index (κ3) is 3.86. The van der Waals surface area contributed by atoms with Crippen molar-refractivity contribution in [1.82, 2.24) is 9.71 Å². The summed E-state index contributed by atoms with van der Waals surface area (Å²) in [5, 5.41) is 0. The topological polar surface area (TPSA) is 59.1 Å². The number of aromatic nitrogens is 1. The molecule has 0 bridgehead atoms. The second-order valence-corrected chi connectivity index (χ2v) is 6.58. The predicted octanol–water partition coefficient (Wildman–Crippen LogP) is 2.36. The van der Waals surface area contributed by atoms with E-state index >= 15 is 0 Å². The molecule has 1 aromatic heterocycles. The Hall–Kier alpha value is -1.79. The fourth-order valence-corrected chi connectivity index (χ4v) is 3.75. The van der Waals surface area contributed by atoms with E-state index in [9.17, 15) is 12.8 Å². The first-order chi connectivity index (χ1) is 9.90. The van der Waals surface area contributed by atoms with Crippen molar-refractivity contribution in [2.75, 3.05) is 6.54 Å². The number of benzene rings is 1. The smallest absolute Gasteiger partial charge is 0.241 e. The zero-order valence-corrected chi connectivity index (χ0v) is 12.7. The van der Waals surface area contributed by atoms with Crippen LogP contribution >= 0.6 is 0 Å². The molecule has 21 heavy (non-hydrogen) atoms. The average molecular weight is 308 g/mol. The highest BCUT2D eigenvalue weighted by atomic mass is 32.2. The van der Waals surface area contributed by atoms with Gasteiger partial charge in [0.1, 0.15) is 5.82 Å². The highest BCUT2D eigenvalue weighted by Crippen LogP contribution is 2.21. The molecule has 0 aliphatic carbocycles. The van der Waals surface area contributed by atoms with Crippen molar-refractivity contribution >= 4 is 10.0 Å². The Morgan fingerprint density at radius 2 is 1.90 bits per heavy atom. The summed E-state index contributed by atoms with van der Waals surface area (Å²) in [6.07, 6.45) is 3.91. The minimum absolute atomic E-state index is 0.148. The first kappa shape index (κ1) is 15.6. The first-order valence-electron chi connectivity index (χ1n) is 6.55. The maximum atomic E-state index is 13.2. The van der Waals surface area contributed by atoms with Gasteiger partial charge in [0.2, 0.25) is 10.0 Å². The van der Waals surface area contributed by atoms with Crippen LogP contribution in [0.15, 0.2) is 41.6 Å². The lowest BCUT2D eigenvalue weighted by atomic mass is 10.1. The summed E-state index contributed by atoms with van der Waals surface area (Å²) in [6.45, 7) is 3.45. The van der Waals surface area contributed by atoms with Crippen molar-refractivity contribution < 1.29 is 12.8 Å². The number of nitrogens with zero attached hydrogens (tertiary/aromatic N) is 1. The van der Waals surface area contributed by atoms with Crippen LogP contribution in [0.2, 0.25) is 0 Å². The standard InChI is InChI=1S/C15H17FN2O2S/c1-11-8-14(16)9-12(2)15(11)21(19,20)18-7-5-13-4-3-6-17-10-13/h3-4,6,8-10,18H,5,7H2,1-2H3. The summed E-state index contributed by atoms with van der Waals surface area (Å²) < 4.78 is 40.4. The Balaban J connectivity index is 2.12. The van der Waals surface area contributed by atoms with Crippen molar-refractivity contribution in [1.29, 1.82) is 0 Å². The molecule has 0 unspecified atom stereocenters. The zero-order valence-electron chi connectivity index (χ0n) is 11.9. The molecule has 0 aliphatic rings.